The standard InChI is InChI=1S/C15H20N2S/c1-3-17(11-15-8-5-9-18-15)12(2)13-6-4-7-14(16)10-13/h4-10,12H,3,11,16H2,1-2H3. The van der Waals surface area contributed by atoms with Crippen LogP contribution in [-0.2, 0) is 6.54 Å². The maximum atomic E-state index is 5.86. The van der Waals surface area contributed by atoms with E-state index in [-0.39, 0.29) is 0 Å². The van der Waals surface area contributed by atoms with E-state index >= 15 is 0 Å². The van der Waals surface area contributed by atoms with Crippen LogP contribution in [0.5, 0.6) is 0 Å². The fraction of sp³-hybridized carbons (Fsp3) is 0.333. The van der Waals surface area contributed by atoms with Gasteiger partial charge in [-0.25, -0.2) is 0 Å². The van der Waals surface area contributed by atoms with Crippen LogP contribution in [0.15, 0.2) is 41.8 Å². The van der Waals surface area contributed by atoms with Crippen LogP contribution in [0.3, 0.4) is 0 Å². The molecule has 96 valence electrons. The average molecular weight is 260 g/mol. The predicted molar refractivity (Wildman–Crippen MR) is 79.7 cm³/mol. The van der Waals surface area contributed by atoms with E-state index in [1.165, 1.54) is 10.4 Å². The summed E-state index contributed by atoms with van der Waals surface area (Å²) in [6, 6.07) is 12.9. The maximum Gasteiger partial charge on any atom is 0.0333 e. The molecular weight excluding hydrogens is 240 g/mol. The van der Waals surface area contributed by atoms with Crippen molar-refractivity contribution in [1.82, 2.24) is 4.90 Å². The van der Waals surface area contributed by atoms with Gasteiger partial charge in [-0.05, 0) is 42.6 Å². The number of nitrogens with two attached hydrogens (primary N) is 1. The minimum Gasteiger partial charge on any atom is -0.399 e. The topological polar surface area (TPSA) is 29.3 Å². The van der Waals surface area contributed by atoms with Crippen molar-refractivity contribution in [3.05, 3.63) is 52.2 Å². The molecule has 1 atom stereocenters. The molecule has 0 saturated heterocycles. The summed E-state index contributed by atoms with van der Waals surface area (Å²) in [7, 11) is 0. The minimum atomic E-state index is 0.389. The molecule has 1 unspecified atom stereocenters. The van der Waals surface area contributed by atoms with Gasteiger partial charge in [-0.15, -0.1) is 11.3 Å². The molecule has 1 aromatic heterocycles. The molecule has 0 saturated carbocycles. The van der Waals surface area contributed by atoms with E-state index < -0.39 is 0 Å². The van der Waals surface area contributed by atoms with E-state index in [9.17, 15) is 0 Å². The highest BCUT2D eigenvalue weighted by atomic mass is 32.1. The molecule has 2 rings (SSSR count). The monoisotopic (exact) mass is 260 g/mol. The van der Waals surface area contributed by atoms with Gasteiger partial charge in [-0.1, -0.05) is 25.1 Å². The zero-order chi connectivity index (χ0) is 13.0. The van der Waals surface area contributed by atoms with Crippen LogP contribution < -0.4 is 5.73 Å². The molecule has 18 heavy (non-hydrogen) atoms. The van der Waals surface area contributed by atoms with Gasteiger partial charge in [0.1, 0.15) is 0 Å². The zero-order valence-corrected chi connectivity index (χ0v) is 11.8. The highest BCUT2D eigenvalue weighted by molar-refractivity contribution is 7.09. The molecule has 0 amide bonds. The molecule has 0 aliphatic rings. The summed E-state index contributed by atoms with van der Waals surface area (Å²) in [6.07, 6.45) is 0. The molecule has 1 heterocycles. The fourth-order valence-electron chi connectivity index (χ4n) is 2.15. The number of hydrogen-bond acceptors (Lipinski definition) is 3. The second-order valence-electron chi connectivity index (χ2n) is 4.49. The first-order chi connectivity index (χ1) is 8.70. The summed E-state index contributed by atoms with van der Waals surface area (Å²) in [4.78, 5) is 3.87. The first-order valence-corrected chi connectivity index (χ1v) is 7.20. The third-order valence-corrected chi connectivity index (χ3v) is 4.15. The van der Waals surface area contributed by atoms with Crippen molar-refractivity contribution in [1.29, 1.82) is 0 Å². The third kappa shape index (κ3) is 3.12. The van der Waals surface area contributed by atoms with Crippen LogP contribution in [0.2, 0.25) is 0 Å². The fourth-order valence-corrected chi connectivity index (χ4v) is 2.88. The number of benzene rings is 1. The Bertz CT molecular complexity index is 479. The highest BCUT2D eigenvalue weighted by Crippen LogP contribution is 2.24. The molecular formula is C15H20N2S. The Labute approximate surface area is 113 Å². The second-order valence-corrected chi connectivity index (χ2v) is 5.52. The molecule has 2 N–H and O–H groups in total. The molecule has 0 fully saturated rings. The van der Waals surface area contributed by atoms with Gasteiger partial charge in [0.15, 0.2) is 0 Å². The number of nitrogen functional groups attached to an aromatic ring is 1. The van der Waals surface area contributed by atoms with Crippen LogP contribution in [0.4, 0.5) is 5.69 Å². The number of anilines is 1. The lowest BCUT2D eigenvalue weighted by Gasteiger charge is -2.27. The van der Waals surface area contributed by atoms with Crippen molar-refractivity contribution in [2.45, 2.75) is 26.4 Å². The average Bonchev–Trinajstić information content (AvgIpc) is 2.88. The van der Waals surface area contributed by atoms with Crippen LogP contribution in [0.25, 0.3) is 0 Å². The lowest BCUT2D eigenvalue weighted by molar-refractivity contribution is 0.215. The van der Waals surface area contributed by atoms with Crippen LogP contribution >= 0.6 is 11.3 Å². The van der Waals surface area contributed by atoms with E-state index in [4.69, 9.17) is 5.73 Å². The maximum absolute atomic E-state index is 5.86. The van der Waals surface area contributed by atoms with Crippen LogP contribution in [-0.4, -0.2) is 11.4 Å². The van der Waals surface area contributed by atoms with Crippen molar-refractivity contribution in [2.24, 2.45) is 0 Å². The molecule has 2 nitrogen and oxygen atoms in total. The summed E-state index contributed by atoms with van der Waals surface area (Å²) >= 11 is 1.82. The number of rotatable bonds is 5. The summed E-state index contributed by atoms with van der Waals surface area (Å²) in [5.74, 6) is 0. The Morgan fingerprint density at radius 3 is 2.72 bits per heavy atom. The first kappa shape index (κ1) is 13.1. The van der Waals surface area contributed by atoms with Crippen molar-refractivity contribution < 1.29 is 0 Å². The SMILES string of the molecule is CCN(Cc1cccs1)C(C)c1cccc(N)c1. The summed E-state index contributed by atoms with van der Waals surface area (Å²) in [6.45, 7) is 6.49. The lowest BCUT2D eigenvalue weighted by atomic mass is 10.1. The molecule has 0 aliphatic carbocycles. The largest absolute Gasteiger partial charge is 0.399 e. The molecule has 3 heteroatoms. The molecule has 0 aliphatic heterocycles. The lowest BCUT2D eigenvalue weighted by Crippen LogP contribution is -2.26. The van der Waals surface area contributed by atoms with Crippen molar-refractivity contribution in [3.8, 4) is 0 Å². The van der Waals surface area contributed by atoms with E-state index in [1.807, 2.05) is 23.5 Å². The smallest absolute Gasteiger partial charge is 0.0333 e. The Balaban J connectivity index is 2.12. The molecule has 0 bridgehead atoms. The Morgan fingerprint density at radius 2 is 2.11 bits per heavy atom. The van der Waals surface area contributed by atoms with Gasteiger partial charge in [-0.2, -0.15) is 0 Å². The summed E-state index contributed by atoms with van der Waals surface area (Å²) in [5.41, 5.74) is 7.98. The van der Waals surface area contributed by atoms with E-state index in [0.29, 0.717) is 6.04 Å². The molecule has 0 spiro atoms. The van der Waals surface area contributed by atoms with Crippen LogP contribution in [0.1, 0.15) is 30.3 Å². The number of hydrogen-bond donors (Lipinski definition) is 1. The summed E-state index contributed by atoms with van der Waals surface area (Å²) < 4.78 is 0. The van der Waals surface area contributed by atoms with Gasteiger partial charge >= 0.3 is 0 Å². The molecule has 0 radical (unpaired) electrons. The molecule has 2 aromatic rings. The van der Waals surface area contributed by atoms with Gasteiger partial charge in [-0.3, -0.25) is 4.90 Å². The van der Waals surface area contributed by atoms with E-state index in [1.54, 1.807) is 0 Å². The summed E-state index contributed by atoms with van der Waals surface area (Å²) in [5, 5.41) is 2.13. The highest BCUT2D eigenvalue weighted by Gasteiger charge is 2.14. The van der Waals surface area contributed by atoms with Gasteiger partial charge in [0, 0.05) is 23.2 Å². The molecule has 1 aromatic carbocycles. The second kappa shape index (κ2) is 6.03. The van der Waals surface area contributed by atoms with E-state index in [2.05, 4.69) is 48.4 Å². The van der Waals surface area contributed by atoms with Crippen molar-refractivity contribution >= 4 is 17.0 Å². The van der Waals surface area contributed by atoms with Crippen molar-refractivity contribution in [2.75, 3.05) is 12.3 Å². The normalized spacial score (nSPS) is 12.8. The van der Waals surface area contributed by atoms with Gasteiger partial charge in [0.2, 0.25) is 0 Å². The van der Waals surface area contributed by atoms with E-state index in [0.717, 1.165) is 18.8 Å². The van der Waals surface area contributed by atoms with Crippen LogP contribution in [0, 0.1) is 0 Å². The number of nitrogens with zero attached hydrogens (tertiary/aromatic N) is 1. The minimum absolute atomic E-state index is 0.389. The van der Waals surface area contributed by atoms with Gasteiger partial charge in [0.05, 0.1) is 0 Å². The first-order valence-electron chi connectivity index (χ1n) is 6.32. The third-order valence-electron chi connectivity index (χ3n) is 3.29. The number of thiophene rings is 1. The Morgan fingerprint density at radius 1 is 1.28 bits per heavy atom. The Kier molecular flexibility index (Phi) is 4.39. The zero-order valence-electron chi connectivity index (χ0n) is 11.0. The van der Waals surface area contributed by atoms with Gasteiger partial charge in [0.25, 0.3) is 0 Å². The quantitative estimate of drug-likeness (QED) is 0.826. The van der Waals surface area contributed by atoms with Gasteiger partial charge < -0.3 is 5.73 Å². The predicted octanol–water partition coefficient (Wildman–Crippen LogP) is 3.91. The Hall–Kier alpha value is -1.32. The van der Waals surface area contributed by atoms with Crippen molar-refractivity contribution in [3.63, 3.8) is 0 Å².